The van der Waals surface area contributed by atoms with E-state index in [1.54, 1.807) is 0 Å². The van der Waals surface area contributed by atoms with Crippen LogP contribution in [0.4, 0.5) is 0 Å². The monoisotopic (exact) mass is 164 g/mol. The third-order valence-electron chi connectivity index (χ3n) is 0.418. The summed E-state index contributed by atoms with van der Waals surface area (Å²) in [6.45, 7) is 0. The number of hydrogen-bond acceptors (Lipinski definition) is 2. The Labute approximate surface area is 49.5 Å². The minimum atomic E-state index is -0.604. The van der Waals surface area contributed by atoms with Crippen molar-refractivity contribution < 1.29 is 4.79 Å². The predicted octanol–water partition coefficient (Wildman–Crippen LogP) is -0.115. The molecule has 7 heavy (non-hydrogen) atoms. The Bertz CT molecular complexity index is 92.9. The van der Waals surface area contributed by atoms with Crippen molar-refractivity contribution >= 4 is 28.1 Å². The van der Waals surface area contributed by atoms with E-state index in [1.807, 2.05) is 0 Å². The zero-order valence-corrected chi connectivity index (χ0v) is 5.10. The topological polar surface area (TPSA) is 66.9 Å². The van der Waals surface area contributed by atoms with Gasteiger partial charge in [-0.05, 0) is 0 Å². The molecular formula is C3H5BrN2O. The number of nitrogens with two attached hydrogens (primary N) is 1. The number of carbonyl (C=O) groups is 1. The molecule has 0 rings (SSSR count). The Morgan fingerprint density at radius 1 is 2.00 bits per heavy atom. The number of rotatable bonds is 2. The number of primary amides is 1. The summed E-state index contributed by atoms with van der Waals surface area (Å²) in [5, 5.41) is 6.47. The van der Waals surface area contributed by atoms with Crippen molar-refractivity contribution in [2.75, 3.05) is 0 Å². The van der Waals surface area contributed by atoms with Crippen molar-refractivity contribution in [2.24, 2.45) is 5.73 Å². The largest absolute Gasteiger partial charge is 0.368 e. The molecule has 0 aromatic rings. The second-order valence-electron chi connectivity index (χ2n) is 0.971. The normalized spacial score (nSPS) is 12.7. The molecule has 3 N–H and O–H groups in total. The maximum absolute atomic E-state index is 9.95. The van der Waals surface area contributed by atoms with Crippen molar-refractivity contribution in [1.82, 2.24) is 0 Å². The molecular weight excluding hydrogens is 160 g/mol. The SMILES string of the molecule is N=CC(Br)C(N)=O. The molecule has 0 radical (unpaired) electrons. The van der Waals surface area contributed by atoms with Gasteiger partial charge >= 0.3 is 0 Å². The number of amides is 1. The zero-order valence-electron chi connectivity index (χ0n) is 3.52. The predicted molar refractivity (Wildman–Crippen MR) is 30.7 cm³/mol. The molecule has 0 aliphatic carbocycles. The zero-order chi connectivity index (χ0) is 5.86. The third-order valence-corrected chi connectivity index (χ3v) is 1.13. The molecule has 0 aromatic heterocycles. The Morgan fingerprint density at radius 3 is 2.43 bits per heavy atom. The molecule has 0 heterocycles. The molecule has 0 spiro atoms. The number of hydrogen-bond donors (Lipinski definition) is 2. The number of carbonyl (C=O) groups excluding carboxylic acids is 1. The molecule has 1 unspecified atom stereocenters. The van der Waals surface area contributed by atoms with Crippen LogP contribution in [0.5, 0.6) is 0 Å². The Kier molecular flexibility index (Phi) is 2.59. The van der Waals surface area contributed by atoms with Gasteiger partial charge in [-0.25, -0.2) is 0 Å². The lowest BCUT2D eigenvalue weighted by Gasteiger charge is -1.90. The second kappa shape index (κ2) is 2.74. The summed E-state index contributed by atoms with van der Waals surface area (Å²) in [7, 11) is 0. The van der Waals surface area contributed by atoms with Crippen molar-refractivity contribution in [3.05, 3.63) is 0 Å². The van der Waals surface area contributed by atoms with Crippen molar-refractivity contribution in [1.29, 1.82) is 5.41 Å². The maximum Gasteiger partial charge on any atom is 0.236 e. The highest BCUT2D eigenvalue weighted by molar-refractivity contribution is 9.10. The second-order valence-corrected chi connectivity index (χ2v) is 1.96. The van der Waals surface area contributed by atoms with Gasteiger partial charge in [-0.3, -0.25) is 4.79 Å². The molecule has 40 valence electrons. The molecule has 0 aromatic carbocycles. The molecule has 0 fully saturated rings. The smallest absolute Gasteiger partial charge is 0.236 e. The maximum atomic E-state index is 9.95. The number of nitrogens with one attached hydrogen (secondary N) is 1. The summed E-state index contributed by atoms with van der Waals surface area (Å²) in [6, 6.07) is 0. The summed E-state index contributed by atoms with van der Waals surface area (Å²) in [6.07, 6.45) is 0.933. The van der Waals surface area contributed by atoms with E-state index in [0.717, 1.165) is 6.21 Å². The van der Waals surface area contributed by atoms with Gasteiger partial charge in [-0.1, -0.05) is 15.9 Å². The van der Waals surface area contributed by atoms with Crippen molar-refractivity contribution in [2.45, 2.75) is 4.83 Å². The van der Waals surface area contributed by atoms with E-state index in [-0.39, 0.29) is 0 Å². The van der Waals surface area contributed by atoms with Crippen LogP contribution in [0.1, 0.15) is 0 Å². The van der Waals surface area contributed by atoms with Gasteiger partial charge in [-0.15, -0.1) is 0 Å². The molecule has 1 atom stereocenters. The summed E-state index contributed by atoms with van der Waals surface area (Å²) in [5.41, 5.74) is 4.71. The number of alkyl halides is 1. The number of halogens is 1. The van der Waals surface area contributed by atoms with Crippen LogP contribution in [-0.4, -0.2) is 16.9 Å². The van der Waals surface area contributed by atoms with E-state index < -0.39 is 10.7 Å². The summed E-state index contributed by atoms with van der Waals surface area (Å²) in [4.78, 5) is 9.35. The van der Waals surface area contributed by atoms with Crippen LogP contribution in [-0.2, 0) is 4.79 Å². The van der Waals surface area contributed by atoms with E-state index in [1.165, 1.54) is 0 Å². The highest BCUT2D eigenvalue weighted by Crippen LogP contribution is 1.90. The van der Waals surface area contributed by atoms with Gasteiger partial charge in [0.1, 0.15) is 4.83 Å². The van der Waals surface area contributed by atoms with Gasteiger partial charge in [0.05, 0.1) is 0 Å². The highest BCUT2D eigenvalue weighted by Gasteiger charge is 2.03. The van der Waals surface area contributed by atoms with Gasteiger partial charge in [-0.2, -0.15) is 0 Å². The lowest BCUT2D eigenvalue weighted by atomic mass is 10.5. The molecule has 1 amide bonds. The quantitative estimate of drug-likeness (QED) is 0.434. The van der Waals surface area contributed by atoms with E-state index >= 15 is 0 Å². The van der Waals surface area contributed by atoms with E-state index in [4.69, 9.17) is 11.1 Å². The first kappa shape index (κ1) is 6.62. The first-order valence-electron chi connectivity index (χ1n) is 1.62. The average Bonchev–Trinajstić information content (AvgIpc) is 1.65. The fraction of sp³-hybridized carbons (Fsp3) is 0.333. The summed E-state index contributed by atoms with van der Waals surface area (Å²) >= 11 is 2.82. The van der Waals surface area contributed by atoms with Gasteiger partial charge in [0.2, 0.25) is 5.91 Å². The van der Waals surface area contributed by atoms with Crippen LogP contribution in [0.3, 0.4) is 0 Å². The van der Waals surface area contributed by atoms with Crippen LogP contribution in [0.2, 0.25) is 0 Å². The minimum absolute atomic E-state index is 0.532. The highest BCUT2D eigenvalue weighted by atomic mass is 79.9. The lowest BCUT2D eigenvalue weighted by molar-refractivity contribution is -0.116. The van der Waals surface area contributed by atoms with Gasteiger partial charge in [0.15, 0.2) is 0 Å². The average molecular weight is 165 g/mol. The van der Waals surface area contributed by atoms with Crippen molar-refractivity contribution in [3.8, 4) is 0 Å². The van der Waals surface area contributed by atoms with E-state index in [2.05, 4.69) is 15.9 Å². The van der Waals surface area contributed by atoms with Crippen LogP contribution in [0, 0.1) is 5.41 Å². The molecule has 0 saturated carbocycles. The van der Waals surface area contributed by atoms with Gasteiger partial charge in [0.25, 0.3) is 0 Å². The van der Waals surface area contributed by atoms with Gasteiger partial charge in [0, 0.05) is 6.21 Å². The molecule has 0 aliphatic rings. The van der Waals surface area contributed by atoms with Crippen LogP contribution in [0.15, 0.2) is 0 Å². The first-order chi connectivity index (χ1) is 3.18. The van der Waals surface area contributed by atoms with Crippen LogP contribution < -0.4 is 5.73 Å². The minimum Gasteiger partial charge on any atom is -0.368 e. The molecule has 0 saturated heterocycles. The summed E-state index contributed by atoms with van der Waals surface area (Å²) < 4.78 is 0. The van der Waals surface area contributed by atoms with E-state index in [9.17, 15) is 4.79 Å². The Balaban J connectivity index is 3.55. The standard InChI is InChI=1S/C3H5BrN2O/c4-2(1-5)3(6)7/h1-2,5H,(H2,6,7). The van der Waals surface area contributed by atoms with E-state index in [0.29, 0.717) is 0 Å². The third kappa shape index (κ3) is 2.33. The van der Waals surface area contributed by atoms with Gasteiger partial charge < -0.3 is 11.1 Å². The molecule has 4 heteroatoms. The summed E-state index contributed by atoms with van der Waals surface area (Å²) in [5.74, 6) is -0.532. The van der Waals surface area contributed by atoms with Crippen molar-refractivity contribution in [3.63, 3.8) is 0 Å². The Morgan fingerprint density at radius 2 is 2.43 bits per heavy atom. The van der Waals surface area contributed by atoms with Crippen LogP contribution in [0.25, 0.3) is 0 Å². The first-order valence-corrected chi connectivity index (χ1v) is 2.54. The Hall–Kier alpha value is -0.380. The van der Waals surface area contributed by atoms with Crippen LogP contribution >= 0.6 is 15.9 Å². The fourth-order valence-electron chi connectivity index (χ4n) is 0.0821. The lowest BCUT2D eigenvalue weighted by Crippen LogP contribution is -2.23. The molecule has 3 nitrogen and oxygen atoms in total. The molecule has 0 bridgehead atoms. The molecule has 0 aliphatic heterocycles. The fourth-order valence-corrected chi connectivity index (χ4v) is 0.0821.